The second kappa shape index (κ2) is 9.21. The molecule has 3 amide bonds. The molecule has 0 aromatic heterocycles. The van der Waals surface area contributed by atoms with Gasteiger partial charge in [0.05, 0.1) is 34.5 Å². The lowest BCUT2D eigenvalue weighted by atomic mass is 10.1. The van der Waals surface area contributed by atoms with E-state index in [1.165, 1.54) is 57.6 Å². The lowest BCUT2D eigenvalue weighted by Gasteiger charge is -2.17. The lowest BCUT2D eigenvalue weighted by Crippen LogP contribution is -2.30. The van der Waals surface area contributed by atoms with Crippen LogP contribution in [0.3, 0.4) is 0 Å². The second-order valence-electron chi connectivity index (χ2n) is 8.60. The van der Waals surface area contributed by atoms with Crippen LogP contribution in [0.5, 0.6) is 5.75 Å². The number of nitrogens with zero attached hydrogens (tertiary/aromatic N) is 2. The number of carbonyl (C=O) groups is 3. The summed E-state index contributed by atoms with van der Waals surface area (Å²) in [7, 11) is 0.459. The van der Waals surface area contributed by atoms with E-state index < -0.39 is 27.7 Å². The van der Waals surface area contributed by atoms with Crippen LogP contribution in [0.15, 0.2) is 59.5 Å². The van der Waals surface area contributed by atoms with E-state index in [-0.39, 0.29) is 33.0 Å². The van der Waals surface area contributed by atoms with E-state index in [9.17, 15) is 22.8 Å². The maximum Gasteiger partial charge on any atom is 0.266 e. The number of sulfonamides is 1. The Balaban J connectivity index is 1.67. The normalized spacial score (nSPS) is 13.2. The van der Waals surface area contributed by atoms with Crippen molar-refractivity contribution in [3.63, 3.8) is 0 Å². The minimum absolute atomic E-state index is 0.0255. The van der Waals surface area contributed by atoms with Gasteiger partial charge in [-0.3, -0.25) is 14.4 Å². The first-order valence-corrected chi connectivity index (χ1v) is 12.4. The van der Waals surface area contributed by atoms with Crippen LogP contribution in [0, 0.1) is 13.8 Å². The van der Waals surface area contributed by atoms with Gasteiger partial charge in [0, 0.05) is 19.7 Å². The van der Waals surface area contributed by atoms with Crippen LogP contribution >= 0.6 is 0 Å². The number of anilines is 2. The number of amides is 3. The van der Waals surface area contributed by atoms with Crippen molar-refractivity contribution in [2.45, 2.75) is 18.7 Å². The first kappa shape index (κ1) is 25.1. The summed E-state index contributed by atoms with van der Waals surface area (Å²) in [6, 6.07) is 13.9. The fourth-order valence-electron chi connectivity index (χ4n) is 3.91. The molecule has 9 nitrogen and oxygen atoms in total. The number of fused-ring (bicyclic) bond motifs is 1. The molecule has 0 bridgehead atoms. The molecule has 0 unspecified atom stereocenters. The average Bonchev–Trinajstić information content (AvgIpc) is 3.09. The van der Waals surface area contributed by atoms with Crippen molar-refractivity contribution in [2.24, 2.45) is 0 Å². The molecular formula is C26H25N3O6S. The molecule has 1 N–H and O–H groups in total. The van der Waals surface area contributed by atoms with Gasteiger partial charge in [0.1, 0.15) is 5.75 Å². The first-order chi connectivity index (χ1) is 16.9. The van der Waals surface area contributed by atoms with Crippen molar-refractivity contribution in [2.75, 3.05) is 31.4 Å². The maximum atomic E-state index is 13.2. The van der Waals surface area contributed by atoms with E-state index in [0.29, 0.717) is 5.69 Å². The summed E-state index contributed by atoms with van der Waals surface area (Å²) in [4.78, 5) is 40.4. The molecule has 1 heterocycles. The van der Waals surface area contributed by atoms with Gasteiger partial charge in [-0.1, -0.05) is 12.1 Å². The van der Waals surface area contributed by atoms with Gasteiger partial charge in [0.2, 0.25) is 10.0 Å². The van der Waals surface area contributed by atoms with Gasteiger partial charge < -0.3 is 10.1 Å². The molecule has 0 aliphatic carbocycles. The number of imide groups is 1. The molecule has 3 aromatic carbocycles. The van der Waals surface area contributed by atoms with E-state index in [1.54, 1.807) is 6.07 Å². The molecule has 10 heteroatoms. The zero-order valence-electron chi connectivity index (χ0n) is 20.4. The first-order valence-electron chi connectivity index (χ1n) is 11.0. The molecule has 0 fully saturated rings. The average molecular weight is 508 g/mol. The Morgan fingerprint density at radius 3 is 2.28 bits per heavy atom. The number of benzene rings is 3. The molecule has 0 saturated heterocycles. The molecule has 0 atom stereocenters. The third-order valence-corrected chi connectivity index (χ3v) is 7.76. The summed E-state index contributed by atoms with van der Waals surface area (Å²) in [5, 5.41) is 2.65. The van der Waals surface area contributed by atoms with Gasteiger partial charge >= 0.3 is 0 Å². The summed E-state index contributed by atoms with van der Waals surface area (Å²) in [5.74, 6) is -1.32. The van der Waals surface area contributed by atoms with Crippen LogP contribution < -0.4 is 15.0 Å². The zero-order valence-corrected chi connectivity index (χ0v) is 21.3. The SMILES string of the molecule is COc1ccc(S(=O)(=O)N(C)C)cc1NC(=O)c1ccc2c(c1)C(=O)N(c1cc(C)ccc1C)C2=O. The maximum absolute atomic E-state index is 13.2. The number of aryl methyl sites for hydroxylation is 2. The van der Waals surface area contributed by atoms with Gasteiger partial charge in [0.25, 0.3) is 17.7 Å². The molecule has 0 spiro atoms. The van der Waals surface area contributed by atoms with E-state index in [2.05, 4.69) is 5.32 Å². The monoisotopic (exact) mass is 507 g/mol. The smallest absolute Gasteiger partial charge is 0.266 e. The van der Waals surface area contributed by atoms with Crippen molar-refractivity contribution in [1.82, 2.24) is 4.31 Å². The molecular weight excluding hydrogens is 482 g/mol. The minimum atomic E-state index is -3.75. The Morgan fingerprint density at radius 1 is 0.917 bits per heavy atom. The minimum Gasteiger partial charge on any atom is -0.495 e. The fraction of sp³-hybridized carbons (Fsp3) is 0.192. The lowest BCUT2D eigenvalue weighted by molar-refractivity contribution is 0.0925. The van der Waals surface area contributed by atoms with Gasteiger partial charge in [0.15, 0.2) is 0 Å². The Morgan fingerprint density at radius 2 is 1.61 bits per heavy atom. The Hall–Kier alpha value is -4.02. The molecule has 36 heavy (non-hydrogen) atoms. The molecule has 0 radical (unpaired) electrons. The zero-order chi connectivity index (χ0) is 26.4. The van der Waals surface area contributed by atoms with E-state index in [0.717, 1.165) is 20.3 Å². The summed E-state index contributed by atoms with van der Waals surface area (Å²) >= 11 is 0. The largest absolute Gasteiger partial charge is 0.495 e. The predicted molar refractivity (Wildman–Crippen MR) is 135 cm³/mol. The number of ether oxygens (including phenoxy) is 1. The van der Waals surface area contributed by atoms with Crippen molar-refractivity contribution >= 4 is 39.1 Å². The van der Waals surface area contributed by atoms with Crippen molar-refractivity contribution in [3.8, 4) is 5.75 Å². The second-order valence-corrected chi connectivity index (χ2v) is 10.8. The molecule has 3 aromatic rings. The Kier molecular flexibility index (Phi) is 6.42. The van der Waals surface area contributed by atoms with E-state index >= 15 is 0 Å². The highest BCUT2D eigenvalue weighted by molar-refractivity contribution is 7.89. The molecule has 186 valence electrons. The third-order valence-electron chi connectivity index (χ3n) is 5.95. The van der Waals surface area contributed by atoms with Gasteiger partial charge in [-0.2, -0.15) is 0 Å². The summed E-state index contributed by atoms with van der Waals surface area (Å²) in [5.41, 5.74) is 2.76. The summed E-state index contributed by atoms with van der Waals surface area (Å²) in [6.07, 6.45) is 0. The highest BCUT2D eigenvalue weighted by atomic mass is 32.2. The van der Waals surface area contributed by atoms with Gasteiger partial charge in [-0.05, 0) is 67.4 Å². The standard InChI is InChI=1S/C26H25N3O6S/c1-15-6-7-16(2)22(12-15)29-25(31)19-10-8-17(13-20(19)26(29)32)24(30)27-21-14-18(9-11-23(21)35-5)36(33,34)28(3)4/h6-14H,1-5H3,(H,27,30). The van der Waals surface area contributed by atoms with E-state index in [4.69, 9.17) is 4.74 Å². The molecule has 1 aliphatic heterocycles. The molecule has 1 aliphatic rings. The Bertz CT molecular complexity index is 1530. The quantitative estimate of drug-likeness (QED) is 0.510. The number of carbonyl (C=O) groups excluding carboxylic acids is 3. The molecule has 0 saturated carbocycles. The van der Waals surface area contributed by atoms with Gasteiger partial charge in [-0.15, -0.1) is 0 Å². The van der Waals surface area contributed by atoms with Crippen molar-refractivity contribution < 1.29 is 27.5 Å². The van der Waals surface area contributed by atoms with Crippen LogP contribution in [0.4, 0.5) is 11.4 Å². The molecule has 4 rings (SSSR count). The van der Waals surface area contributed by atoms with Gasteiger partial charge in [-0.25, -0.2) is 17.6 Å². The highest BCUT2D eigenvalue weighted by Crippen LogP contribution is 2.33. The number of hydrogen-bond acceptors (Lipinski definition) is 6. The van der Waals surface area contributed by atoms with Crippen LogP contribution in [0.25, 0.3) is 0 Å². The highest BCUT2D eigenvalue weighted by Gasteiger charge is 2.38. The summed E-state index contributed by atoms with van der Waals surface area (Å²) < 4.78 is 31.4. The van der Waals surface area contributed by atoms with Crippen LogP contribution in [0.1, 0.15) is 42.2 Å². The fourth-order valence-corrected chi connectivity index (χ4v) is 4.84. The number of rotatable bonds is 6. The number of nitrogens with one attached hydrogen (secondary N) is 1. The summed E-state index contributed by atoms with van der Waals surface area (Å²) in [6.45, 7) is 3.69. The number of hydrogen-bond donors (Lipinski definition) is 1. The predicted octanol–water partition coefficient (Wildman–Crippen LogP) is 3.62. The van der Waals surface area contributed by atoms with Crippen molar-refractivity contribution in [1.29, 1.82) is 0 Å². The Labute approximate surface area is 209 Å². The van der Waals surface area contributed by atoms with Crippen LogP contribution in [-0.2, 0) is 10.0 Å². The van der Waals surface area contributed by atoms with Crippen molar-refractivity contribution in [3.05, 3.63) is 82.4 Å². The third kappa shape index (κ3) is 4.25. The van der Waals surface area contributed by atoms with Crippen LogP contribution in [0.2, 0.25) is 0 Å². The van der Waals surface area contributed by atoms with Crippen LogP contribution in [-0.4, -0.2) is 51.6 Å². The number of methoxy groups -OCH3 is 1. The topological polar surface area (TPSA) is 113 Å². The van der Waals surface area contributed by atoms with E-state index in [1.807, 2.05) is 26.0 Å².